The number of benzene rings is 2. The maximum Gasteiger partial charge on any atom is 0.0538 e. The molecule has 0 saturated heterocycles. The van der Waals surface area contributed by atoms with E-state index in [4.69, 9.17) is 11.6 Å². The summed E-state index contributed by atoms with van der Waals surface area (Å²) in [6, 6.07) is 18.7. The maximum absolute atomic E-state index is 5.77. The van der Waals surface area contributed by atoms with Crippen LogP contribution in [0.3, 0.4) is 0 Å². The molecule has 3 rings (SSSR count). The minimum atomic E-state index is 0.522. The highest BCUT2D eigenvalue weighted by atomic mass is 35.5. The molecule has 0 bridgehead atoms. The number of H-pyrrole nitrogens is 1. The van der Waals surface area contributed by atoms with Gasteiger partial charge >= 0.3 is 0 Å². The molecule has 0 aliphatic rings. The highest BCUT2D eigenvalue weighted by Crippen LogP contribution is 2.31. The Kier molecular flexibility index (Phi) is 3.39. The van der Waals surface area contributed by atoms with Crippen molar-refractivity contribution < 1.29 is 0 Å². The second-order valence-electron chi connectivity index (χ2n) is 4.38. The van der Waals surface area contributed by atoms with Crippen LogP contribution in [0, 0.1) is 0 Å². The Bertz CT molecular complexity index is 710. The van der Waals surface area contributed by atoms with E-state index in [1.807, 2.05) is 18.2 Å². The van der Waals surface area contributed by atoms with Crippen LogP contribution in [0.5, 0.6) is 0 Å². The fourth-order valence-corrected chi connectivity index (χ4v) is 2.42. The maximum atomic E-state index is 5.77. The Hall–Kier alpha value is -1.99. The zero-order valence-electron chi connectivity index (χ0n) is 10.4. The topological polar surface area (TPSA) is 15.8 Å². The highest BCUT2D eigenvalue weighted by Gasteiger charge is 2.09. The van der Waals surface area contributed by atoms with Gasteiger partial charge in [0.25, 0.3) is 0 Å². The fraction of sp³-hybridized carbons (Fsp3) is 0.0588. The van der Waals surface area contributed by atoms with Crippen molar-refractivity contribution in [3.63, 3.8) is 0 Å². The summed E-state index contributed by atoms with van der Waals surface area (Å²) in [4.78, 5) is 3.50. The van der Waals surface area contributed by atoms with Gasteiger partial charge in [-0.25, -0.2) is 0 Å². The first-order valence-electron chi connectivity index (χ1n) is 6.29. The van der Waals surface area contributed by atoms with E-state index in [9.17, 15) is 0 Å². The van der Waals surface area contributed by atoms with Gasteiger partial charge in [0.1, 0.15) is 0 Å². The molecule has 1 heterocycles. The summed E-state index contributed by atoms with van der Waals surface area (Å²) in [5.41, 5.74) is 4.68. The summed E-state index contributed by atoms with van der Waals surface area (Å²) in [5.74, 6) is 0.522. The van der Waals surface area contributed by atoms with Crippen molar-refractivity contribution in [2.24, 2.45) is 0 Å². The molecule has 0 fully saturated rings. The minimum absolute atomic E-state index is 0.522. The number of alkyl halides is 1. The van der Waals surface area contributed by atoms with Gasteiger partial charge in [-0.05, 0) is 11.6 Å². The Balaban J connectivity index is 2.26. The summed E-state index contributed by atoms with van der Waals surface area (Å²) in [5, 5.41) is 1.22. The first-order chi connectivity index (χ1) is 9.40. The average Bonchev–Trinajstić information content (AvgIpc) is 2.85. The molecular formula is C17H14ClN. The molecule has 19 heavy (non-hydrogen) atoms. The largest absolute Gasteiger partial charge is 0.354 e. The van der Waals surface area contributed by atoms with Crippen LogP contribution in [0.15, 0.2) is 60.7 Å². The van der Waals surface area contributed by atoms with Gasteiger partial charge in [0, 0.05) is 22.3 Å². The van der Waals surface area contributed by atoms with E-state index in [0.717, 1.165) is 11.2 Å². The molecule has 0 unspecified atom stereocenters. The van der Waals surface area contributed by atoms with Gasteiger partial charge < -0.3 is 4.98 Å². The third-order valence-electron chi connectivity index (χ3n) is 3.18. The predicted octanol–water partition coefficient (Wildman–Crippen LogP) is 5.09. The number of halogens is 1. The standard InChI is InChI=1S/C17H14ClN/c18-12-6-10-15-14-9-4-5-11-16(14)19-17(15)13-7-2-1-3-8-13/h1-11,19H,12H2. The van der Waals surface area contributed by atoms with Crippen molar-refractivity contribution in [2.75, 3.05) is 5.88 Å². The molecule has 1 aromatic heterocycles. The van der Waals surface area contributed by atoms with Crippen LogP contribution < -0.4 is 0 Å². The predicted molar refractivity (Wildman–Crippen MR) is 83.5 cm³/mol. The van der Waals surface area contributed by atoms with E-state index < -0.39 is 0 Å². The van der Waals surface area contributed by atoms with Gasteiger partial charge in [-0.15, -0.1) is 11.6 Å². The van der Waals surface area contributed by atoms with Gasteiger partial charge in [-0.1, -0.05) is 60.7 Å². The summed E-state index contributed by atoms with van der Waals surface area (Å²) in [6.45, 7) is 0. The fourth-order valence-electron chi connectivity index (χ4n) is 2.33. The highest BCUT2D eigenvalue weighted by molar-refractivity contribution is 6.19. The van der Waals surface area contributed by atoms with Gasteiger partial charge in [0.05, 0.1) is 5.69 Å². The molecule has 94 valence electrons. The number of nitrogens with one attached hydrogen (secondary N) is 1. The smallest absolute Gasteiger partial charge is 0.0538 e. The second-order valence-corrected chi connectivity index (χ2v) is 4.69. The van der Waals surface area contributed by atoms with Crippen molar-refractivity contribution in [3.8, 4) is 11.3 Å². The minimum Gasteiger partial charge on any atom is -0.354 e. The Morgan fingerprint density at radius 1 is 0.947 bits per heavy atom. The summed E-state index contributed by atoms with van der Waals surface area (Å²) < 4.78 is 0. The Labute approximate surface area is 117 Å². The van der Waals surface area contributed by atoms with Crippen LogP contribution in [0.25, 0.3) is 28.2 Å². The van der Waals surface area contributed by atoms with E-state index in [1.54, 1.807) is 0 Å². The zero-order chi connectivity index (χ0) is 13.1. The quantitative estimate of drug-likeness (QED) is 0.637. The first kappa shape index (κ1) is 12.1. The summed E-state index contributed by atoms with van der Waals surface area (Å²) in [7, 11) is 0. The Morgan fingerprint density at radius 3 is 2.47 bits per heavy atom. The Morgan fingerprint density at radius 2 is 1.68 bits per heavy atom. The number of para-hydroxylation sites is 1. The zero-order valence-corrected chi connectivity index (χ0v) is 11.2. The molecule has 2 aromatic carbocycles. The molecular weight excluding hydrogens is 254 g/mol. The molecule has 0 radical (unpaired) electrons. The van der Waals surface area contributed by atoms with Crippen molar-refractivity contribution in [2.45, 2.75) is 0 Å². The van der Waals surface area contributed by atoms with Crippen molar-refractivity contribution in [1.82, 2.24) is 4.98 Å². The van der Waals surface area contributed by atoms with Gasteiger partial charge in [0.15, 0.2) is 0 Å². The van der Waals surface area contributed by atoms with Gasteiger partial charge in [-0.2, -0.15) is 0 Å². The number of aromatic amines is 1. The monoisotopic (exact) mass is 267 g/mol. The SMILES string of the molecule is ClCC=Cc1c(-c2ccccc2)[nH]c2ccccc12. The molecule has 0 aliphatic heterocycles. The van der Waals surface area contributed by atoms with E-state index in [-0.39, 0.29) is 0 Å². The van der Waals surface area contributed by atoms with Crippen molar-refractivity contribution >= 4 is 28.6 Å². The third-order valence-corrected chi connectivity index (χ3v) is 3.36. The number of aromatic nitrogens is 1. The normalized spacial score (nSPS) is 11.4. The lowest BCUT2D eigenvalue weighted by Crippen LogP contribution is -1.80. The van der Waals surface area contributed by atoms with Crippen LogP contribution in [-0.2, 0) is 0 Å². The molecule has 2 heteroatoms. The third kappa shape index (κ3) is 2.29. The van der Waals surface area contributed by atoms with Crippen LogP contribution in [0.4, 0.5) is 0 Å². The lowest BCUT2D eigenvalue weighted by atomic mass is 10.0. The van der Waals surface area contributed by atoms with Crippen LogP contribution >= 0.6 is 11.6 Å². The number of hydrogen-bond donors (Lipinski definition) is 1. The average molecular weight is 268 g/mol. The van der Waals surface area contributed by atoms with Crippen LogP contribution in [0.2, 0.25) is 0 Å². The first-order valence-corrected chi connectivity index (χ1v) is 6.82. The molecule has 1 nitrogen and oxygen atoms in total. The second kappa shape index (κ2) is 5.33. The lowest BCUT2D eigenvalue weighted by molar-refractivity contribution is 1.44. The molecule has 1 N–H and O–H groups in total. The van der Waals surface area contributed by atoms with Crippen LogP contribution in [-0.4, -0.2) is 10.9 Å². The van der Waals surface area contributed by atoms with E-state index in [2.05, 4.69) is 53.5 Å². The van der Waals surface area contributed by atoms with Crippen LogP contribution in [0.1, 0.15) is 5.56 Å². The number of hydrogen-bond acceptors (Lipinski definition) is 0. The molecule has 0 saturated carbocycles. The van der Waals surface area contributed by atoms with Crippen molar-refractivity contribution in [3.05, 3.63) is 66.2 Å². The van der Waals surface area contributed by atoms with E-state index in [0.29, 0.717) is 5.88 Å². The molecule has 3 aromatic rings. The summed E-state index contributed by atoms with van der Waals surface area (Å²) >= 11 is 5.77. The molecule has 0 aliphatic carbocycles. The van der Waals surface area contributed by atoms with E-state index in [1.165, 1.54) is 16.5 Å². The number of fused-ring (bicyclic) bond motifs is 1. The summed E-state index contributed by atoms with van der Waals surface area (Å²) in [6.07, 6.45) is 4.07. The molecule has 0 spiro atoms. The number of allylic oxidation sites excluding steroid dienone is 1. The van der Waals surface area contributed by atoms with E-state index >= 15 is 0 Å². The van der Waals surface area contributed by atoms with Crippen molar-refractivity contribution in [1.29, 1.82) is 0 Å². The number of rotatable bonds is 3. The van der Waals surface area contributed by atoms with Gasteiger partial charge in [0.2, 0.25) is 0 Å². The van der Waals surface area contributed by atoms with Gasteiger partial charge in [-0.3, -0.25) is 0 Å². The molecule has 0 atom stereocenters. The molecule has 0 amide bonds. The lowest BCUT2D eigenvalue weighted by Gasteiger charge is -2.00.